The third-order valence-corrected chi connectivity index (χ3v) is 5.95. The molecule has 1 atom stereocenters. The van der Waals surface area contributed by atoms with E-state index < -0.39 is 6.04 Å². The summed E-state index contributed by atoms with van der Waals surface area (Å²) in [6.07, 6.45) is 5.24. The van der Waals surface area contributed by atoms with Crippen molar-refractivity contribution in [2.75, 3.05) is 13.1 Å². The van der Waals surface area contributed by atoms with Gasteiger partial charge in [0.25, 0.3) is 0 Å². The highest BCUT2D eigenvalue weighted by molar-refractivity contribution is 5.94. The second-order valence-electron chi connectivity index (χ2n) is 8.48. The minimum Gasteiger partial charge on any atom is -0.348 e. The standard InChI is InChI=1S/C27H28FN3O2/c1-20(2)31(25(32)14-13-21-8-4-3-5-9-21)19-26(33)30-17-16-29-15-7-12-24(29)27(30)22-10-6-11-23(28)18-22/h3-15,18,20,27H,16-17,19H2,1-2H3/b14-13+/t27-/m0/s1. The maximum absolute atomic E-state index is 14.0. The molecule has 1 aliphatic rings. The largest absolute Gasteiger partial charge is 0.348 e. The number of fused-ring (bicyclic) bond motifs is 1. The van der Waals surface area contributed by atoms with Gasteiger partial charge in [0.15, 0.2) is 0 Å². The molecule has 0 radical (unpaired) electrons. The van der Waals surface area contributed by atoms with E-state index in [0.717, 1.165) is 16.8 Å². The topological polar surface area (TPSA) is 45.6 Å². The van der Waals surface area contributed by atoms with Crippen LogP contribution in [0.15, 0.2) is 79.0 Å². The highest BCUT2D eigenvalue weighted by Gasteiger charge is 2.33. The average molecular weight is 446 g/mol. The van der Waals surface area contributed by atoms with E-state index in [1.54, 1.807) is 21.9 Å². The van der Waals surface area contributed by atoms with Gasteiger partial charge in [0.2, 0.25) is 11.8 Å². The quantitative estimate of drug-likeness (QED) is 0.524. The fourth-order valence-corrected chi connectivity index (χ4v) is 4.26. The summed E-state index contributed by atoms with van der Waals surface area (Å²) in [7, 11) is 0. The van der Waals surface area contributed by atoms with Gasteiger partial charge in [-0.15, -0.1) is 0 Å². The number of carbonyl (C=O) groups is 2. The van der Waals surface area contributed by atoms with Crippen LogP contribution in [-0.4, -0.2) is 45.3 Å². The van der Waals surface area contributed by atoms with Crippen LogP contribution in [0.1, 0.15) is 36.7 Å². The lowest BCUT2D eigenvalue weighted by Gasteiger charge is -2.39. The average Bonchev–Trinajstić information content (AvgIpc) is 3.29. The van der Waals surface area contributed by atoms with E-state index in [2.05, 4.69) is 4.57 Å². The number of amides is 2. The van der Waals surface area contributed by atoms with Crippen molar-refractivity contribution in [2.45, 2.75) is 32.5 Å². The summed E-state index contributed by atoms with van der Waals surface area (Å²) in [5, 5.41) is 0. The minimum absolute atomic E-state index is 0.0395. The first kappa shape index (κ1) is 22.5. The molecule has 1 aliphatic heterocycles. The van der Waals surface area contributed by atoms with Gasteiger partial charge in [0.1, 0.15) is 12.4 Å². The van der Waals surface area contributed by atoms with Crippen molar-refractivity contribution in [2.24, 2.45) is 0 Å². The number of aromatic nitrogens is 1. The second-order valence-corrected chi connectivity index (χ2v) is 8.48. The first-order valence-electron chi connectivity index (χ1n) is 11.2. The SMILES string of the molecule is CC(C)N(CC(=O)N1CCn2cccc2[C@@H]1c1cccc(F)c1)C(=O)/C=C/c1ccccc1. The van der Waals surface area contributed by atoms with Crippen molar-refractivity contribution >= 4 is 17.9 Å². The molecule has 0 saturated carbocycles. The van der Waals surface area contributed by atoms with Crippen LogP contribution in [0.3, 0.4) is 0 Å². The normalized spacial score (nSPS) is 15.6. The van der Waals surface area contributed by atoms with Gasteiger partial charge in [-0.25, -0.2) is 4.39 Å². The molecule has 4 rings (SSSR count). The summed E-state index contributed by atoms with van der Waals surface area (Å²) in [6, 6.07) is 19.3. The molecule has 0 bridgehead atoms. The fraction of sp³-hybridized carbons (Fsp3) is 0.259. The molecular weight excluding hydrogens is 417 g/mol. The van der Waals surface area contributed by atoms with E-state index in [9.17, 15) is 14.0 Å². The van der Waals surface area contributed by atoms with E-state index in [1.807, 2.05) is 68.6 Å². The lowest BCUT2D eigenvalue weighted by molar-refractivity contribution is -0.141. The Morgan fingerprint density at radius 2 is 1.85 bits per heavy atom. The van der Waals surface area contributed by atoms with Gasteiger partial charge >= 0.3 is 0 Å². The van der Waals surface area contributed by atoms with Crippen molar-refractivity contribution in [1.82, 2.24) is 14.4 Å². The Morgan fingerprint density at radius 3 is 2.58 bits per heavy atom. The molecule has 2 amide bonds. The van der Waals surface area contributed by atoms with E-state index in [1.165, 1.54) is 18.2 Å². The monoisotopic (exact) mass is 445 g/mol. The van der Waals surface area contributed by atoms with Crippen LogP contribution in [0.25, 0.3) is 6.08 Å². The summed E-state index contributed by atoms with van der Waals surface area (Å²) in [4.78, 5) is 29.8. The van der Waals surface area contributed by atoms with Crippen molar-refractivity contribution in [3.05, 3.63) is 102 Å². The third-order valence-electron chi connectivity index (χ3n) is 5.95. The molecule has 5 nitrogen and oxygen atoms in total. The van der Waals surface area contributed by atoms with Crippen LogP contribution >= 0.6 is 0 Å². The van der Waals surface area contributed by atoms with Crippen LogP contribution < -0.4 is 0 Å². The maximum atomic E-state index is 14.0. The smallest absolute Gasteiger partial charge is 0.247 e. The lowest BCUT2D eigenvalue weighted by Crippen LogP contribution is -2.49. The zero-order chi connectivity index (χ0) is 23.4. The number of hydrogen-bond donors (Lipinski definition) is 0. The van der Waals surface area contributed by atoms with Crippen molar-refractivity contribution in [3.63, 3.8) is 0 Å². The summed E-state index contributed by atoms with van der Waals surface area (Å²) in [5.41, 5.74) is 2.57. The van der Waals surface area contributed by atoms with Crippen molar-refractivity contribution < 1.29 is 14.0 Å². The Morgan fingerprint density at radius 1 is 1.06 bits per heavy atom. The zero-order valence-electron chi connectivity index (χ0n) is 18.9. The Hall–Kier alpha value is -3.67. The van der Waals surface area contributed by atoms with Crippen LogP contribution in [0.5, 0.6) is 0 Å². The van der Waals surface area contributed by atoms with Crippen LogP contribution in [-0.2, 0) is 16.1 Å². The highest BCUT2D eigenvalue weighted by atomic mass is 19.1. The van der Waals surface area contributed by atoms with Crippen LogP contribution in [0, 0.1) is 5.82 Å². The molecule has 33 heavy (non-hydrogen) atoms. The Balaban J connectivity index is 1.57. The molecule has 6 heteroatoms. The second kappa shape index (κ2) is 9.86. The van der Waals surface area contributed by atoms with Gasteiger partial charge in [-0.3, -0.25) is 9.59 Å². The molecule has 0 N–H and O–H groups in total. The number of halogens is 1. The summed E-state index contributed by atoms with van der Waals surface area (Å²) in [5.74, 6) is -0.717. The number of carbonyl (C=O) groups excluding carboxylic acids is 2. The van der Waals surface area contributed by atoms with Gasteiger partial charge < -0.3 is 14.4 Å². The molecule has 0 unspecified atom stereocenters. The Kier molecular flexibility index (Phi) is 6.73. The van der Waals surface area contributed by atoms with Crippen molar-refractivity contribution in [1.29, 1.82) is 0 Å². The first-order chi connectivity index (χ1) is 15.9. The molecule has 2 aromatic carbocycles. The Bertz CT molecular complexity index is 1150. The van der Waals surface area contributed by atoms with Gasteiger partial charge in [-0.2, -0.15) is 0 Å². The molecular formula is C27H28FN3O2. The molecule has 170 valence electrons. The predicted octanol–water partition coefficient (Wildman–Crippen LogP) is 4.51. The third kappa shape index (κ3) is 5.06. The van der Waals surface area contributed by atoms with Crippen LogP contribution in [0.2, 0.25) is 0 Å². The fourth-order valence-electron chi connectivity index (χ4n) is 4.26. The van der Waals surface area contributed by atoms with E-state index in [0.29, 0.717) is 13.1 Å². The van der Waals surface area contributed by atoms with E-state index in [4.69, 9.17) is 0 Å². The van der Waals surface area contributed by atoms with Gasteiger partial charge in [0, 0.05) is 37.1 Å². The lowest BCUT2D eigenvalue weighted by atomic mass is 9.99. The van der Waals surface area contributed by atoms with Gasteiger partial charge in [-0.05, 0) is 55.3 Å². The summed E-state index contributed by atoms with van der Waals surface area (Å²) >= 11 is 0. The molecule has 0 fully saturated rings. The summed E-state index contributed by atoms with van der Waals surface area (Å²) < 4.78 is 16.1. The summed E-state index contributed by atoms with van der Waals surface area (Å²) in [6.45, 7) is 4.90. The van der Waals surface area contributed by atoms with Gasteiger partial charge in [-0.1, -0.05) is 42.5 Å². The van der Waals surface area contributed by atoms with Crippen molar-refractivity contribution in [3.8, 4) is 0 Å². The molecule has 2 heterocycles. The number of rotatable bonds is 6. The van der Waals surface area contributed by atoms with E-state index in [-0.39, 0.29) is 30.2 Å². The maximum Gasteiger partial charge on any atom is 0.247 e. The molecule has 0 aliphatic carbocycles. The highest BCUT2D eigenvalue weighted by Crippen LogP contribution is 2.33. The van der Waals surface area contributed by atoms with E-state index >= 15 is 0 Å². The van der Waals surface area contributed by atoms with Crippen LogP contribution in [0.4, 0.5) is 4.39 Å². The van der Waals surface area contributed by atoms with Gasteiger partial charge in [0.05, 0.1) is 6.04 Å². The number of benzene rings is 2. The Labute approximate surface area is 193 Å². The molecule has 1 aromatic heterocycles. The molecule has 0 spiro atoms. The predicted molar refractivity (Wildman–Crippen MR) is 127 cm³/mol. The molecule has 0 saturated heterocycles. The number of nitrogens with zero attached hydrogens (tertiary/aromatic N) is 3. The number of hydrogen-bond acceptors (Lipinski definition) is 2. The molecule has 3 aromatic rings. The first-order valence-corrected chi connectivity index (χ1v) is 11.2. The minimum atomic E-state index is -0.402. The zero-order valence-corrected chi connectivity index (χ0v) is 18.9.